The maximum absolute atomic E-state index is 10.9. The van der Waals surface area contributed by atoms with Crippen molar-refractivity contribution in [1.82, 2.24) is 0 Å². The topological polar surface area (TPSA) is 99.7 Å². The number of carboxylic acid groups (broad SMARTS) is 2. The standard InChI is InChI=1S/C10H16O6/c1-2-3-4-5-7(6-8(11)12)10(9(13)14)15-16-10/h7H,2-6H2,1H3,(H,11,12)(H,13,14). The molecule has 1 aliphatic rings. The Morgan fingerprint density at radius 3 is 2.25 bits per heavy atom. The van der Waals surface area contributed by atoms with Gasteiger partial charge in [-0.25, -0.2) is 4.79 Å². The van der Waals surface area contributed by atoms with Gasteiger partial charge in [0.25, 0.3) is 0 Å². The van der Waals surface area contributed by atoms with Crippen LogP contribution in [0.15, 0.2) is 0 Å². The lowest BCUT2D eigenvalue weighted by Gasteiger charge is -2.15. The Hall–Kier alpha value is -1.14. The molecule has 1 saturated heterocycles. The number of carbonyl (C=O) groups is 2. The minimum Gasteiger partial charge on any atom is -0.481 e. The molecule has 1 heterocycles. The molecule has 1 rings (SSSR count). The summed E-state index contributed by atoms with van der Waals surface area (Å²) in [6, 6.07) is 0. The minimum atomic E-state index is -1.72. The number of aliphatic carboxylic acids is 2. The molecule has 0 spiro atoms. The van der Waals surface area contributed by atoms with Gasteiger partial charge in [0, 0.05) is 5.92 Å². The summed E-state index contributed by atoms with van der Waals surface area (Å²) in [5.74, 6) is -4.64. The molecule has 0 aromatic carbocycles. The molecule has 1 unspecified atom stereocenters. The molecular weight excluding hydrogens is 216 g/mol. The fourth-order valence-corrected chi connectivity index (χ4v) is 1.70. The predicted octanol–water partition coefficient (Wildman–Crippen LogP) is 1.40. The van der Waals surface area contributed by atoms with Crippen LogP contribution in [-0.2, 0) is 19.4 Å². The Labute approximate surface area is 93.1 Å². The normalized spacial score (nSPS) is 19.1. The lowest BCUT2D eigenvalue weighted by molar-refractivity contribution is -0.148. The van der Waals surface area contributed by atoms with Crippen molar-refractivity contribution in [2.45, 2.75) is 44.8 Å². The molecule has 0 aliphatic carbocycles. The Kier molecular flexibility index (Phi) is 4.26. The average Bonchev–Trinajstić information content (AvgIpc) is 2.96. The van der Waals surface area contributed by atoms with Crippen molar-refractivity contribution >= 4 is 11.9 Å². The molecule has 92 valence electrons. The van der Waals surface area contributed by atoms with E-state index in [-0.39, 0.29) is 6.42 Å². The molecule has 0 saturated carbocycles. The van der Waals surface area contributed by atoms with Gasteiger partial charge in [0.05, 0.1) is 6.42 Å². The van der Waals surface area contributed by atoms with Crippen molar-refractivity contribution in [2.75, 3.05) is 0 Å². The Morgan fingerprint density at radius 1 is 1.25 bits per heavy atom. The van der Waals surface area contributed by atoms with Crippen LogP contribution in [0.3, 0.4) is 0 Å². The van der Waals surface area contributed by atoms with Crippen molar-refractivity contribution in [3.8, 4) is 0 Å². The summed E-state index contributed by atoms with van der Waals surface area (Å²) in [7, 11) is 0. The highest BCUT2D eigenvalue weighted by atomic mass is 17.4. The summed E-state index contributed by atoms with van der Waals surface area (Å²) in [5.41, 5.74) is 0. The van der Waals surface area contributed by atoms with Crippen LogP contribution in [-0.4, -0.2) is 27.9 Å². The van der Waals surface area contributed by atoms with Crippen LogP contribution in [0.2, 0.25) is 0 Å². The molecule has 0 bridgehead atoms. The molecule has 0 amide bonds. The summed E-state index contributed by atoms with van der Waals surface area (Å²) in [6.07, 6.45) is 2.92. The highest BCUT2D eigenvalue weighted by molar-refractivity contribution is 5.79. The smallest absolute Gasteiger partial charge is 0.370 e. The molecular formula is C10H16O6. The van der Waals surface area contributed by atoms with E-state index in [1.807, 2.05) is 6.92 Å². The van der Waals surface area contributed by atoms with Crippen LogP contribution in [0.1, 0.15) is 39.0 Å². The Morgan fingerprint density at radius 2 is 1.88 bits per heavy atom. The van der Waals surface area contributed by atoms with E-state index in [0.29, 0.717) is 6.42 Å². The van der Waals surface area contributed by atoms with Gasteiger partial charge in [0.15, 0.2) is 0 Å². The summed E-state index contributed by atoms with van der Waals surface area (Å²) < 4.78 is 0. The number of hydrogen-bond donors (Lipinski definition) is 2. The van der Waals surface area contributed by atoms with Gasteiger partial charge in [-0.2, -0.15) is 9.78 Å². The third-order valence-corrected chi connectivity index (χ3v) is 2.68. The molecule has 0 radical (unpaired) electrons. The van der Waals surface area contributed by atoms with E-state index in [1.54, 1.807) is 0 Å². The van der Waals surface area contributed by atoms with Gasteiger partial charge in [-0.15, -0.1) is 0 Å². The van der Waals surface area contributed by atoms with Crippen LogP contribution in [0.5, 0.6) is 0 Å². The van der Waals surface area contributed by atoms with Gasteiger partial charge < -0.3 is 10.2 Å². The third kappa shape index (κ3) is 2.93. The van der Waals surface area contributed by atoms with E-state index < -0.39 is 23.6 Å². The second-order valence-corrected chi connectivity index (χ2v) is 3.93. The van der Waals surface area contributed by atoms with Crippen LogP contribution in [0, 0.1) is 5.92 Å². The zero-order valence-electron chi connectivity index (χ0n) is 9.14. The van der Waals surface area contributed by atoms with Crippen LogP contribution in [0.25, 0.3) is 0 Å². The highest BCUT2D eigenvalue weighted by Crippen LogP contribution is 2.42. The molecule has 1 fully saturated rings. The molecule has 6 heteroatoms. The first-order chi connectivity index (χ1) is 7.53. The van der Waals surface area contributed by atoms with Crippen molar-refractivity contribution < 1.29 is 29.6 Å². The first-order valence-corrected chi connectivity index (χ1v) is 5.35. The molecule has 2 N–H and O–H groups in total. The number of hydrogen-bond acceptors (Lipinski definition) is 4. The lowest BCUT2D eigenvalue weighted by atomic mass is 9.90. The van der Waals surface area contributed by atoms with Crippen molar-refractivity contribution in [3.63, 3.8) is 0 Å². The fourth-order valence-electron chi connectivity index (χ4n) is 1.70. The zero-order chi connectivity index (χ0) is 12.2. The largest absolute Gasteiger partial charge is 0.481 e. The average molecular weight is 232 g/mol. The van der Waals surface area contributed by atoms with Gasteiger partial charge in [0.1, 0.15) is 0 Å². The van der Waals surface area contributed by atoms with E-state index in [1.165, 1.54) is 0 Å². The first-order valence-electron chi connectivity index (χ1n) is 5.35. The first kappa shape index (κ1) is 12.9. The van der Waals surface area contributed by atoms with Gasteiger partial charge in [-0.05, 0) is 6.42 Å². The summed E-state index contributed by atoms with van der Waals surface area (Å²) in [4.78, 5) is 30.5. The van der Waals surface area contributed by atoms with Gasteiger partial charge in [-0.3, -0.25) is 4.79 Å². The van der Waals surface area contributed by atoms with Crippen molar-refractivity contribution in [1.29, 1.82) is 0 Å². The van der Waals surface area contributed by atoms with Gasteiger partial charge in [0.2, 0.25) is 0 Å². The van der Waals surface area contributed by atoms with E-state index in [4.69, 9.17) is 10.2 Å². The molecule has 0 aromatic heterocycles. The summed E-state index contributed by atoms with van der Waals surface area (Å²) in [5, 5.41) is 17.6. The maximum atomic E-state index is 10.9. The highest BCUT2D eigenvalue weighted by Gasteiger charge is 2.63. The zero-order valence-corrected chi connectivity index (χ0v) is 9.14. The number of unbranched alkanes of at least 4 members (excludes halogenated alkanes) is 2. The fraction of sp³-hybridized carbons (Fsp3) is 0.800. The van der Waals surface area contributed by atoms with Crippen molar-refractivity contribution in [2.24, 2.45) is 5.92 Å². The van der Waals surface area contributed by atoms with E-state index >= 15 is 0 Å². The lowest BCUT2D eigenvalue weighted by Crippen LogP contribution is -2.34. The van der Waals surface area contributed by atoms with E-state index in [2.05, 4.69) is 9.78 Å². The molecule has 1 aliphatic heterocycles. The van der Waals surface area contributed by atoms with E-state index in [9.17, 15) is 9.59 Å². The Bertz CT molecular complexity index is 270. The molecule has 0 aromatic rings. The third-order valence-electron chi connectivity index (χ3n) is 2.68. The summed E-state index contributed by atoms with van der Waals surface area (Å²) in [6.45, 7) is 2.02. The van der Waals surface area contributed by atoms with Crippen LogP contribution < -0.4 is 0 Å². The maximum Gasteiger partial charge on any atom is 0.370 e. The quantitative estimate of drug-likeness (QED) is 0.373. The monoisotopic (exact) mass is 232 g/mol. The van der Waals surface area contributed by atoms with E-state index in [0.717, 1.165) is 19.3 Å². The SMILES string of the molecule is CCCCCC(CC(=O)O)C1(C(=O)O)OO1. The van der Waals surface area contributed by atoms with Crippen LogP contribution in [0.4, 0.5) is 0 Å². The van der Waals surface area contributed by atoms with Crippen molar-refractivity contribution in [3.05, 3.63) is 0 Å². The molecule has 1 atom stereocenters. The van der Waals surface area contributed by atoms with Gasteiger partial charge >= 0.3 is 17.7 Å². The van der Waals surface area contributed by atoms with Crippen LogP contribution >= 0.6 is 0 Å². The predicted molar refractivity (Wildman–Crippen MR) is 52.4 cm³/mol. The number of rotatable bonds is 8. The van der Waals surface area contributed by atoms with Gasteiger partial charge in [-0.1, -0.05) is 26.2 Å². The molecule has 6 nitrogen and oxygen atoms in total. The number of carboxylic acids is 2. The summed E-state index contributed by atoms with van der Waals surface area (Å²) >= 11 is 0. The second-order valence-electron chi connectivity index (χ2n) is 3.93. The molecule has 16 heavy (non-hydrogen) atoms. The Balaban J connectivity index is 2.57. The second kappa shape index (κ2) is 5.27. The minimum absolute atomic E-state index is 0.254.